The second-order valence-electron chi connectivity index (χ2n) is 9.84. The summed E-state index contributed by atoms with van der Waals surface area (Å²) >= 11 is 0. The van der Waals surface area contributed by atoms with Gasteiger partial charge in [-0.15, -0.1) is 0 Å². The molecule has 0 spiro atoms. The van der Waals surface area contributed by atoms with Gasteiger partial charge in [-0.1, -0.05) is 37.8 Å². The van der Waals surface area contributed by atoms with Crippen molar-refractivity contribution in [2.45, 2.75) is 65.3 Å². The van der Waals surface area contributed by atoms with Crippen LogP contribution in [0.15, 0.2) is 11.1 Å². The molecule has 6 heteroatoms. The molecular weight excluding hydrogens is 378 g/mol. The van der Waals surface area contributed by atoms with Crippen molar-refractivity contribution in [3.05, 3.63) is 11.1 Å². The summed E-state index contributed by atoms with van der Waals surface area (Å²) in [6.07, 6.45) is 6.21. The van der Waals surface area contributed by atoms with Crippen LogP contribution in [-0.4, -0.2) is 83.6 Å². The highest BCUT2D eigenvalue weighted by Crippen LogP contribution is 2.27. The van der Waals surface area contributed by atoms with E-state index in [0.717, 1.165) is 43.6 Å². The lowest BCUT2D eigenvalue weighted by atomic mass is 9.85. The molecule has 1 amide bonds. The maximum atomic E-state index is 11.9. The number of hydrogen-bond acceptors (Lipinski definition) is 4. The van der Waals surface area contributed by atoms with E-state index in [-0.39, 0.29) is 5.91 Å². The van der Waals surface area contributed by atoms with E-state index in [4.69, 9.17) is 9.47 Å². The van der Waals surface area contributed by atoms with E-state index in [0.29, 0.717) is 38.2 Å². The summed E-state index contributed by atoms with van der Waals surface area (Å²) in [5, 5.41) is 6.70. The molecule has 1 heterocycles. The topological polar surface area (TPSA) is 59.6 Å². The number of nitrogens with one attached hydrogen (secondary N) is 2. The summed E-state index contributed by atoms with van der Waals surface area (Å²) in [4.78, 5) is 11.9. The number of nitrogens with zero attached hydrogens (tertiary/aromatic N) is 1. The van der Waals surface area contributed by atoms with E-state index in [2.05, 4.69) is 52.5 Å². The quantitative estimate of drug-likeness (QED) is 0.226. The number of unbranched alkanes of at least 4 members (excludes halogenated alkanes) is 2. The van der Waals surface area contributed by atoms with Gasteiger partial charge >= 0.3 is 0 Å². The number of carbonyl (C=O) groups is 1. The monoisotopic (exact) mass is 426 g/mol. The van der Waals surface area contributed by atoms with Gasteiger partial charge in [-0.3, -0.25) is 4.79 Å². The number of quaternary nitrogens is 1. The lowest BCUT2D eigenvalue weighted by molar-refractivity contribution is -0.870. The van der Waals surface area contributed by atoms with Crippen LogP contribution in [0.4, 0.5) is 0 Å². The van der Waals surface area contributed by atoms with Crippen LogP contribution < -0.4 is 10.6 Å². The van der Waals surface area contributed by atoms with E-state index in [1.54, 1.807) is 11.1 Å². The van der Waals surface area contributed by atoms with Gasteiger partial charge in [0.15, 0.2) is 0 Å². The Morgan fingerprint density at radius 1 is 1.10 bits per heavy atom. The van der Waals surface area contributed by atoms with Crippen LogP contribution in [0.2, 0.25) is 0 Å². The normalized spacial score (nSPS) is 17.6. The third-order valence-electron chi connectivity index (χ3n) is 5.62. The lowest BCUT2D eigenvalue weighted by Crippen LogP contribution is -2.38. The van der Waals surface area contributed by atoms with Gasteiger partial charge < -0.3 is 24.6 Å². The molecule has 1 rings (SSSR count). The SMILES string of the molecule is CC1=C(C(C)C)C(CCCCCNC(=O)CCOCCOCC[N+](C)(C)C)NCC1. The predicted molar refractivity (Wildman–Crippen MR) is 125 cm³/mol. The van der Waals surface area contributed by atoms with Crippen molar-refractivity contribution < 1.29 is 18.8 Å². The maximum absolute atomic E-state index is 11.9. The minimum atomic E-state index is 0.0792. The minimum Gasteiger partial charge on any atom is -0.379 e. The molecule has 1 unspecified atom stereocenters. The Balaban J connectivity index is 1.97. The van der Waals surface area contributed by atoms with Crippen molar-refractivity contribution in [1.82, 2.24) is 10.6 Å². The minimum absolute atomic E-state index is 0.0792. The molecule has 1 aliphatic rings. The van der Waals surface area contributed by atoms with Gasteiger partial charge in [-0.25, -0.2) is 0 Å². The van der Waals surface area contributed by atoms with Crippen LogP contribution in [0.5, 0.6) is 0 Å². The average molecular weight is 427 g/mol. The van der Waals surface area contributed by atoms with Gasteiger partial charge in [-0.05, 0) is 38.6 Å². The Morgan fingerprint density at radius 3 is 2.47 bits per heavy atom. The lowest BCUT2D eigenvalue weighted by Gasteiger charge is -2.31. The summed E-state index contributed by atoms with van der Waals surface area (Å²) in [5.74, 6) is 0.703. The first-order chi connectivity index (χ1) is 14.2. The number of carbonyl (C=O) groups excluding carboxylic acids is 1. The van der Waals surface area contributed by atoms with Gasteiger partial charge in [0.1, 0.15) is 6.54 Å². The molecule has 0 aliphatic carbocycles. The number of ether oxygens (including phenoxy) is 2. The first-order valence-corrected chi connectivity index (χ1v) is 11.9. The zero-order chi connectivity index (χ0) is 22.4. The molecule has 0 radical (unpaired) electrons. The first kappa shape index (κ1) is 27.1. The van der Waals surface area contributed by atoms with E-state index >= 15 is 0 Å². The van der Waals surface area contributed by atoms with Gasteiger partial charge in [-0.2, -0.15) is 0 Å². The molecule has 1 aliphatic heterocycles. The Labute approximate surface area is 185 Å². The number of rotatable bonds is 16. The van der Waals surface area contributed by atoms with Gasteiger partial charge in [0.2, 0.25) is 5.91 Å². The molecule has 0 aromatic rings. The largest absolute Gasteiger partial charge is 0.379 e. The fraction of sp³-hybridized carbons (Fsp3) is 0.875. The first-order valence-electron chi connectivity index (χ1n) is 11.9. The van der Waals surface area contributed by atoms with Crippen molar-refractivity contribution in [3.8, 4) is 0 Å². The zero-order valence-electron chi connectivity index (χ0n) is 20.5. The molecule has 0 saturated carbocycles. The molecule has 0 fully saturated rings. The molecule has 1 atom stereocenters. The summed E-state index contributed by atoms with van der Waals surface area (Å²) in [5.41, 5.74) is 3.20. The van der Waals surface area contributed by atoms with E-state index in [9.17, 15) is 4.79 Å². The maximum Gasteiger partial charge on any atom is 0.222 e. The summed E-state index contributed by atoms with van der Waals surface area (Å²) < 4.78 is 11.9. The van der Waals surface area contributed by atoms with E-state index in [1.165, 1.54) is 19.3 Å². The number of hydrogen-bond donors (Lipinski definition) is 2. The molecule has 6 nitrogen and oxygen atoms in total. The van der Waals surface area contributed by atoms with Crippen LogP contribution in [0.1, 0.15) is 59.3 Å². The fourth-order valence-corrected chi connectivity index (χ4v) is 3.93. The smallest absolute Gasteiger partial charge is 0.222 e. The molecule has 176 valence electrons. The van der Waals surface area contributed by atoms with Gasteiger partial charge in [0.05, 0.1) is 47.6 Å². The van der Waals surface area contributed by atoms with Crippen molar-refractivity contribution in [1.29, 1.82) is 0 Å². The van der Waals surface area contributed by atoms with Crippen molar-refractivity contribution in [3.63, 3.8) is 0 Å². The summed E-state index contributed by atoms with van der Waals surface area (Å²) in [6.45, 7) is 12.1. The molecule has 0 aromatic carbocycles. The van der Waals surface area contributed by atoms with Crippen LogP contribution in [-0.2, 0) is 14.3 Å². The predicted octanol–water partition coefficient (Wildman–Crippen LogP) is 3.13. The summed E-state index contributed by atoms with van der Waals surface area (Å²) in [7, 11) is 6.44. The van der Waals surface area contributed by atoms with Crippen LogP contribution in [0.3, 0.4) is 0 Å². The number of likely N-dealkylation sites (N-methyl/N-ethyl adjacent to an activating group) is 1. The zero-order valence-corrected chi connectivity index (χ0v) is 20.5. The fourth-order valence-electron chi connectivity index (χ4n) is 3.93. The highest BCUT2D eigenvalue weighted by Gasteiger charge is 2.22. The Kier molecular flexibility index (Phi) is 13.5. The molecule has 0 aromatic heterocycles. The van der Waals surface area contributed by atoms with Crippen LogP contribution in [0.25, 0.3) is 0 Å². The molecule has 30 heavy (non-hydrogen) atoms. The highest BCUT2D eigenvalue weighted by molar-refractivity contribution is 5.75. The van der Waals surface area contributed by atoms with Gasteiger partial charge in [0, 0.05) is 19.0 Å². The summed E-state index contributed by atoms with van der Waals surface area (Å²) in [6, 6.07) is 0.544. The Bertz CT molecular complexity index is 512. The average Bonchev–Trinajstić information content (AvgIpc) is 2.65. The number of amides is 1. The highest BCUT2D eigenvalue weighted by atomic mass is 16.5. The van der Waals surface area contributed by atoms with Gasteiger partial charge in [0.25, 0.3) is 0 Å². The molecule has 0 saturated heterocycles. The van der Waals surface area contributed by atoms with Crippen LogP contribution >= 0.6 is 0 Å². The van der Waals surface area contributed by atoms with Crippen molar-refractivity contribution in [2.24, 2.45) is 5.92 Å². The molecule has 0 bridgehead atoms. The second kappa shape index (κ2) is 15.0. The van der Waals surface area contributed by atoms with Crippen molar-refractivity contribution >= 4 is 5.91 Å². The second-order valence-corrected chi connectivity index (χ2v) is 9.84. The van der Waals surface area contributed by atoms with Crippen LogP contribution in [0, 0.1) is 5.92 Å². The standard InChI is InChI=1S/C24H47N3O3/c1-20(2)24-21(3)11-14-25-22(24)10-8-7-9-13-26-23(28)12-16-29-18-19-30-17-15-27(4,5)6/h20,22,25H,7-19H2,1-6H3/p+1. The van der Waals surface area contributed by atoms with E-state index in [1.807, 2.05) is 0 Å². The van der Waals surface area contributed by atoms with E-state index < -0.39 is 0 Å². The van der Waals surface area contributed by atoms with Crippen molar-refractivity contribution in [2.75, 3.05) is 67.2 Å². The Hall–Kier alpha value is -0.950. The Morgan fingerprint density at radius 2 is 1.80 bits per heavy atom. The molecule has 2 N–H and O–H groups in total. The third kappa shape index (κ3) is 12.7. The molecular formula is C24H48N3O3+. The third-order valence-corrected chi connectivity index (χ3v) is 5.62.